The number of benzene rings is 1. The maximum atomic E-state index is 13.7. The summed E-state index contributed by atoms with van der Waals surface area (Å²) >= 11 is 5.63. The topological polar surface area (TPSA) is 97.8 Å². The van der Waals surface area contributed by atoms with Gasteiger partial charge in [-0.05, 0) is 43.9 Å². The fourth-order valence-corrected chi connectivity index (χ4v) is 3.45. The number of halogens is 5. The molecule has 1 aliphatic heterocycles. The maximum absolute atomic E-state index is 13.7. The van der Waals surface area contributed by atoms with Crippen LogP contribution in [0.4, 0.5) is 17.6 Å². The molecular weight excluding hydrogens is 430 g/mol. The molecule has 0 radical (unpaired) electrons. The summed E-state index contributed by atoms with van der Waals surface area (Å²) in [5.74, 6) is -1.49. The molecule has 0 aromatic heterocycles. The van der Waals surface area contributed by atoms with E-state index in [1.165, 1.54) is 12.1 Å². The van der Waals surface area contributed by atoms with E-state index in [1.807, 2.05) is 0 Å². The molecule has 1 heterocycles. The number of aliphatic imine (C=N–C) groups is 1. The van der Waals surface area contributed by atoms with Gasteiger partial charge in [-0.2, -0.15) is 13.2 Å². The van der Waals surface area contributed by atoms with Gasteiger partial charge in [0.25, 0.3) is 5.91 Å². The van der Waals surface area contributed by atoms with Crippen molar-refractivity contribution in [2.24, 2.45) is 4.99 Å². The van der Waals surface area contributed by atoms with Crippen molar-refractivity contribution in [2.75, 3.05) is 0 Å². The van der Waals surface area contributed by atoms with E-state index >= 15 is 0 Å². The average molecular weight is 452 g/mol. The van der Waals surface area contributed by atoms with Crippen LogP contribution in [0.25, 0.3) is 0 Å². The molecule has 2 atom stereocenters. The van der Waals surface area contributed by atoms with Gasteiger partial charge in [0.05, 0.1) is 11.1 Å². The van der Waals surface area contributed by atoms with Crippen molar-refractivity contribution >= 4 is 23.5 Å². The minimum Gasteiger partial charge on any atom is -0.393 e. The predicted molar refractivity (Wildman–Crippen MR) is 102 cm³/mol. The number of guanidine groups is 1. The number of hydrogen-bond acceptors (Lipinski definition) is 5. The summed E-state index contributed by atoms with van der Waals surface area (Å²) < 4.78 is 52.3. The zero-order valence-electron chi connectivity index (χ0n) is 15.8. The SMILES string of the molecule is O=C(NC(=NC1CC(C(F)(F)F)NN1)NC1CCC(O)CC1)c1ccc(Cl)c(F)c1. The Balaban J connectivity index is 1.73. The average Bonchev–Trinajstić information content (AvgIpc) is 3.14. The summed E-state index contributed by atoms with van der Waals surface area (Å²) in [7, 11) is 0. The van der Waals surface area contributed by atoms with Gasteiger partial charge in [0.1, 0.15) is 18.0 Å². The molecule has 1 aliphatic carbocycles. The molecular formula is C18H22ClF4N5O2. The lowest BCUT2D eigenvalue weighted by atomic mass is 9.93. The van der Waals surface area contributed by atoms with Crippen LogP contribution < -0.4 is 21.5 Å². The highest BCUT2D eigenvalue weighted by Gasteiger charge is 2.44. The van der Waals surface area contributed by atoms with Crippen molar-refractivity contribution in [3.05, 3.63) is 34.6 Å². The summed E-state index contributed by atoms with van der Waals surface area (Å²) in [6.07, 6.45) is -3.81. The van der Waals surface area contributed by atoms with Gasteiger partial charge in [-0.3, -0.25) is 10.1 Å². The van der Waals surface area contributed by atoms with Crippen molar-refractivity contribution in [1.82, 2.24) is 21.5 Å². The Hall–Kier alpha value is -1.95. The van der Waals surface area contributed by atoms with Crippen molar-refractivity contribution in [3.63, 3.8) is 0 Å². The van der Waals surface area contributed by atoms with Crippen molar-refractivity contribution in [2.45, 2.75) is 62.6 Å². The van der Waals surface area contributed by atoms with Crippen LogP contribution in [0.15, 0.2) is 23.2 Å². The molecule has 166 valence electrons. The third-order valence-corrected chi connectivity index (χ3v) is 5.32. The molecule has 2 aliphatic rings. The number of amides is 1. The lowest BCUT2D eigenvalue weighted by Crippen LogP contribution is -2.48. The van der Waals surface area contributed by atoms with E-state index in [2.05, 4.69) is 26.5 Å². The van der Waals surface area contributed by atoms with E-state index in [0.717, 1.165) is 6.07 Å². The van der Waals surface area contributed by atoms with Crippen LogP contribution in [-0.4, -0.2) is 47.5 Å². The predicted octanol–water partition coefficient (Wildman–Crippen LogP) is 2.21. The second-order valence-electron chi connectivity index (χ2n) is 7.34. The van der Waals surface area contributed by atoms with Crippen LogP contribution in [0, 0.1) is 5.82 Å². The highest BCUT2D eigenvalue weighted by atomic mass is 35.5. The van der Waals surface area contributed by atoms with Crippen LogP contribution >= 0.6 is 11.6 Å². The molecule has 1 aromatic rings. The van der Waals surface area contributed by atoms with Crippen molar-refractivity contribution < 1.29 is 27.5 Å². The van der Waals surface area contributed by atoms with Crippen LogP contribution in [-0.2, 0) is 0 Å². The molecule has 12 heteroatoms. The Morgan fingerprint density at radius 3 is 2.50 bits per heavy atom. The molecule has 1 saturated heterocycles. The first kappa shape index (κ1) is 22.7. The molecule has 0 bridgehead atoms. The second-order valence-corrected chi connectivity index (χ2v) is 7.75. The number of nitrogens with one attached hydrogen (secondary N) is 4. The number of hydrazine groups is 1. The van der Waals surface area contributed by atoms with Crippen LogP contribution in [0.3, 0.4) is 0 Å². The minimum atomic E-state index is -4.44. The highest BCUT2D eigenvalue weighted by Crippen LogP contribution is 2.26. The standard InChI is InChI=1S/C18H22ClF4N5O2/c19-12-6-1-9(7-13(12)20)16(30)26-17(24-10-2-4-11(29)5-3-10)25-15-8-14(27-28-15)18(21,22)23/h1,6-7,10-11,14-15,27-29H,2-5,8H2,(H2,24,25,26,30). The summed E-state index contributed by atoms with van der Waals surface area (Å²) in [5, 5.41) is 15.0. The van der Waals surface area contributed by atoms with Gasteiger partial charge in [0.2, 0.25) is 0 Å². The number of nitrogens with zero attached hydrogens (tertiary/aromatic N) is 1. The second kappa shape index (κ2) is 9.46. The Kier molecular flexibility index (Phi) is 7.17. The van der Waals surface area contributed by atoms with Gasteiger partial charge in [0, 0.05) is 18.0 Å². The number of aliphatic hydroxyl groups excluding tert-OH is 1. The molecule has 0 spiro atoms. The minimum absolute atomic E-state index is 0.0175. The molecule has 1 amide bonds. The van der Waals surface area contributed by atoms with Crippen LogP contribution in [0.2, 0.25) is 5.02 Å². The van der Waals surface area contributed by atoms with E-state index in [4.69, 9.17) is 11.6 Å². The molecule has 1 aromatic carbocycles. The zero-order chi connectivity index (χ0) is 21.9. The number of carbonyl (C=O) groups is 1. The van der Waals surface area contributed by atoms with Crippen LogP contribution in [0.5, 0.6) is 0 Å². The number of alkyl halides is 3. The fourth-order valence-electron chi connectivity index (χ4n) is 3.33. The Morgan fingerprint density at radius 1 is 1.20 bits per heavy atom. The molecule has 5 N–H and O–H groups in total. The Labute approximate surface area is 175 Å². The third-order valence-electron chi connectivity index (χ3n) is 5.01. The van der Waals surface area contributed by atoms with Gasteiger partial charge in [0.15, 0.2) is 5.96 Å². The lowest BCUT2D eigenvalue weighted by Gasteiger charge is -2.28. The number of carbonyl (C=O) groups excluding carboxylic acids is 1. The molecule has 7 nitrogen and oxygen atoms in total. The van der Waals surface area contributed by atoms with E-state index < -0.39 is 36.2 Å². The summed E-state index contributed by atoms with van der Waals surface area (Å²) in [5.41, 5.74) is 4.57. The number of hydrogen-bond donors (Lipinski definition) is 5. The third kappa shape index (κ3) is 6.03. The summed E-state index contributed by atoms with van der Waals surface area (Å²) in [6, 6.07) is 1.63. The first-order chi connectivity index (χ1) is 14.1. The first-order valence-electron chi connectivity index (χ1n) is 9.48. The first-order valence-corrected chi connectivity index (χ1v) is 9.86. The highest BCUT2D eigenvalue weighted by molar-refractivity contribution is 6.30. The van der Waals surface area contributed by atoms with Crippen molar-refractivity contribution in [3.8, 4) is 0 Å². The molecule has 3 rings (SSSR count). The maximum Gasteiger partial charge on any atom is 0.405 e. The van der Waals surface area contributed by atoms with Gasteiger partial charge < -0.3 is 10.4 Å². The Bertz CT molecular complexity index is 799. The molecule has 1 saturated carbocycles. The monoisotopic (exact) mass is 451 g/mol. The van der Waals surface area contributed by atoms with E-state index in [-0.39, 0.29) is 29.0 Å². The van der Waals surface area contributed by atoms with Gasteiger partial charge >= 0.3 is 6.18 Å². The molecule has 30 heavy (non-hydrogen) atoms. The quantitative estimate of drug-likeness (QED) is 0.276. The van der Waals surface area contributed by atoms with Crippen LogP contribution in [0.1, 0.15) is 42.5 Å². The summed E-state index contributed by atoms with van der Waals surface area (Å²) in [6.45, 7) is 0. The van der Waals surface area contributed by atoms with Crippen molar-refractivity contribution in [1.29, 1.82) is 0 Å². The van der Waals surface area contributed by atoms with E-state index in [0.29, 0.717) is 25.7 Å². The van der Waals surface area contributed by atoms with E-state index in [9.17, 15) is 27.5 Å². The number of aliphatic hydroxyl groups is 1. The van der Waals surface area contributed by atoms with Gasteiger partial charge in [-0.15, -0.1) is 0 Å². The normalized spacial score (nSPS) is 27.7. The largest absolute Gasteiger partial charge is 0.405 e. The molecule has 2 unspecified atom stereocenters. The Morgan fingerprint density at radius 2 is 1.90 bits per heavy atom. The van der Waals surface area contributed by atoms with E-state index in [1.54, 1.807) is 0 Å². The lowest BCUT2D eigenvalue weighted by molar-refractivity contribution is -0.153. The number of rotatable bonds is 3. The molecule has 2 fully saturated rings. The van der Waals surface area contributed by atoms with Gasteiger partial charge in [-0.25, -0.2) is 20.2 Å². The zero-order valence-corrected chi connectivity index (χ0v) is 16.5. The fraction of sp³-hybridized carbons (Fsp3) is 0.556. The van der Waals surface area contributed by atoms with Gasteiger partial charge in [-0.1, -0.05) is 11.6 Å². The smallest absolute Gasteiger partial charge is 0.393 e. The summed E-state index contributed by atoms with van der Waals surface area (Å²) in [4.78, 5) is 16.7.